The number of hydrogen-bond donors (Lipinski definition) is 0. The number of aromatic nitrogens is 4. The lowest BCUT2D eigenvalue weighted by atomic mass is 10.1. The SMILES string of the molecule is COC(OC(=O)c1ccccc1)C(C(COC(=O)c1ccccc1)OC(C)=O)n1cnc2c(Cl)nc(Cl)nc21. The van der Waals surface area contributed by atoms with E-state index in [0.717, 1.165) is 0 Å². The van der Waals surface area contributed by atoms with Gasteiger partial charge in [-0.05, 0) is 35.9 Å². The molecule has 0 aliphatic rings. The van der Waals surface area contributed by atoms with Crippen molar-refractivity contribution in [1.82, 2.24) is 19.5 Å². The third kappa shape index (κ3) is 6.69. The topological polar surface area (TPSA) is 132 Å². The van der Waals surface area contributed by atoms with Crippen molar-refractivity contribution in [1.29, 1.82) is 0 Å². The Balaban J connectivity index is 1.75. The Morgan fingerprint density at radius 1 is 0.897 bits per heavy atom. The molecule has 0 fully saturated rings. The van der Waals surface area contributed by atoms with Crippen LogP contribution < -0.4 is 0 Å². The number of ether oxygens (including phenoxy) is 4. The van der Waals surface area contributed by atoms with Crippen molar-refractivity contribution >= 4 is 52.3 Å². The lowest BCUT2D eigenvalue weighted by Crippen LogP contribution is -2.43. The van der Waals surface area contributed by atoms with E-state index in [1.165, 1.54) is 24.9 Å². The number of esters is 3. The summed E-state index contributed by atoms with van der Waals surface area (Å²) in [6.07, 6.45) is -1.31. The predicted molar refractivity (Wildman–Crippen MR) is 139 cm³/mol. The molecule has 4 rings (SSSR count). The molecule has 0 N–H and O–H groups in total. The maximum absolute atomic E-state index is 13.0. The molecule has 202 valence electrons. The summed E-state index contributed by atoms with van der Waals surface area (Å²) in [5.74, 6) is -2.07. The highest BCUT2D eigenvalue weighted by Gasteiger charge is 2.39. The van der Waals surface area contributed by atoms with E-state index in [1.807, 2.05) is 0 Å². The summed E-state index contributed by atoms with van der Waals surface area (Å²) in [6, 6.07) is 15.3. The van der Waals surface area contributed by atoms with Gasteiger partial charge in [0.05, 0.1) is 17.5 Å². The summed E-state index contributed by atoms with van der Waals surface area (Å²) >= 11 is 12.3. The van der Waals surface area contributed by atoms with E-state index < -0.39 is 43.0 Å². The molecule has 0 spiro atoms. The second kappa shape index (κ2) is 12.7. The summed E-state index contributed by atoms with van der Waals surface area (Å²) < 4.78 is 23.7. The Morgan fingerprint density at radius 3 is 2.10 bits per heavy atom. The largest absolute Gasteiger partial charge is 0.458 e. The van der Waals surface area contributed by atoms with Crippen molar-refractivity contribution < 1.29 is 33.3 Å². The second-order valence-electron chi connectivity index (χ2n) is 8.09. The zero-order chi connectivity index (χ0) is 27.9. The van der Waals surface area contributed by atoms with Crippen LogP contribution in [0.1, 0.15) is 33.7 Å². The average Bonchev–Trinajstić information content (AvgIpc) is 3.35. The van der Waals surface area contributed by atoms with Crippen LogP contribution in [0.3, 0.4) is 0 Å². The molecule has 2 aromatic carbocycles. The van der Waals surface area contributed by atoms with Crippen LogP contribution in [-0.2, 0) is 23.7 Å². The fraction of sp³-hybridized carbons (Fsp3) is 0.231. The van der Waals surface area contributed by atoms with Crippen LogP contribution in [0.5, 0.6) is 0 Å². The number of imidazole rings is 1. The van der Waals surface area contributed by atoms with Gasteiger partial charge in [-0.25, -0.2) is 19.6 Å². The van der Waals surface area contributed by atoms with Crippen LogP contribution in [0, 0.1) is 0 Å². The Bertz CT molecular complexity index is 1470. The maximum Gasteiger partial charge on any atom is 0.340 e. The lowest BCUT2D eigenvalue weighted by Gasteiger charge is -2.32. The molecule has 13 heteroatoms. The number of halogens is 2. The highest BCUT2D eigenvalue weighted by Crippen LogP contribution is 2.30. The van der Waals surface area contributed by atoms with Crippen LogP contribution in [-0.4, -0.2) is 63.5 Å². The predicted octanol–water partition coefficient (Wildman–Crippen LogP) is 4.29. The van der Waals surface area contributed by atoms with Gasteiger partial charge in [-0.1, -0.05) is 48.0 Å². The van der Waals surface area contributed by atoms with Crippen LogP contribution in [0.15, 0.2) is 67.0 Å². The van der Waals surface area contributed by atoms with Gasteiger partial charge in [-0.3, -0.25) is 4.79 Å². The Morgan fingerprint density at radius 2 is 1.51 bits per heavy atom. The van der Waals surface area contributed by atoms with Crippen molar-refractivity contribution in [2.75, 3.05) is 13.7 Å². The van der Waals surface area contributed by atoms with Crippen molar-refractivity contribution in [3.63, 3.8) is 0 Å². The van der Waals surface area contributed by atoms with Gasteiger partial charge in [-0.15, -0.1) is 0 Å². The van der Waals surface area contributed by atoms with E-state index in [-0.39, 0.29) is 32.7 Å². The highest BCUT2D eigenvalue weighted by molar-refractivity contribution is 6.35. The summed E-state index contributed by atoms with van der Waals surface area (Å²) in [5.41, 5.74) is 0.850. The van der Waals surface area contributed by atoms with E-state index in [9.17, 15) is 14.4 Å². The lowest BCUT2D eigenvalue weighted by molar-refractivity contribution is -0.171. The second-order valence-corrected chi connectivity index (χ2v) is 8.78. The fourth-order valence-corrected chi connectivity index (χ4v) is 4.22. The zero-order valence-corrected chi connectivity index (χ0v) is 22.2. The van der Waals surface area contributed by atoms with E-state index in [2.05, 4.69) is 15.0 Å². The molecule has 2 heterocycles. The third-order valence-corrected chi connectivity index (χ3v) is 5.94. The molecule has 0 radical (unpaired) electrons. The standard InChI is InChI=1S/C26H22Cl2N4O7/c1-15(33)38-18(13-37-23(34)16-9-5-3-6-10-16)20(25(36-2)39-24(35)17-11-7-4-8-12-17)32-14-29-19-21(27)30-26(28)31-22(19)32/h3-12,14,18,20,25H,13H2,1-2H3. The molecule has 0 amide bonds. The van der Waals surface area contributed by atoms with Crippen LogP contribution in [0.2, 0.25) is 10.4 Å². The van der Waals surface area contributed by atoms with Crippen LogP contribution in [0.25, 0.3) is 11.2 Å². The third-order valence-electron chi connectivity index (χ3n) is 5.50. The number of hydrogen-bond acceptors (Lipinski definition) is 10. The van der Waals surface area contributed by atoms with Gasteiger partial charge < -0.3 is 23.5 Å². The molecule has 0 bridgehead atoms. The number of fused-ring (bicyclic) bond motifs is 1. The Kier molecular flexibility index (Phi) is 9.07. The maximum atomic E-state index is 13.0. The number of carbonyl (C=O) groups excluding carboxylic acids is 3. The summed E-state index contributed by atoms with van der Waals surface area (Å²) in [4.78, 5) is 50.2. The first-order chi connectivity index (χ1) is 18.8. The first-order valence-electron chi connectivity index (χ1n) is 11.5. The molecule has 3 unspecified atom stereocenters. The smallest absolute Gasteiger partial charge is 0.340 e. The Labute approximate surface area is 232 Å². The van der Waals surface area contributed by atoms with Gasteiger partial charge in [-0.2, -0.15) is 4.98 Å². The Hall–Kier alpha value is -4.06. The molecule has 4 aromatic rings. The van der Waals surface area contributed by atoms with Gasteiger partial charge in [0, 0.05) is 14.0 Å². The molecule has 3 atom stereocenters. The van der Waals surface area contributed by atoms with Crippen molar-refractivity contribution in [3.05, 3.63) is 88.6 Å². The molecule has 0 saturated carbocycles. The van der Waals surface area contributed by atoms with Gasteiger partial charge in [0.2, 0.25) is 11.6 Å². The van der Waals surface area contributed by atoms with Crippen molar-refractivity contribution in [2.45, 2.75) is 25.4 Å². The number of rotatable bonds is 10. The minimum Gasteiger partial charge on any atom is -0.458 e. The van der Waals surface area contributed by atoms with Crippen LogP contribution >= 0.6 is 23.2 Å². The number of methoxy groups -OCH3 is 1. The van der Waals surface area contributed by atoms with Gasteiger partial charge in [0.1, 0.15) is 18.2 Å². The van der Waals surface area contributed by atoms with Crippen molar-refractivity contribution in [3.8, 4) is 0 Å². The normalized spacial score (nSPS) is 13.3. The van der Waals surface area contributed by atoms with Crippen molar-refractivity contribution in [2.24, 2.45) is 0 Å². The monoisotopic (exact) mass is 572 g/mol. The van der Waals surface area contributed by atoms with Gasteiger partial charge >= 0.3 is 17.9 Å². The number of benzene rings is 2. The molecule has 11 nitrogen and oxygen atoms in total. The number of carbonyl (C=O) groups is 3. The van der Waals surface area contributed by atoms with E-state index in [1.54, 1.807) is 60.7 Å². The molecular formula is C26H22Cl2N4O7. The number of nitrogens with zero attached hydrogens (tertiary/aromatic N) is 4. The summed E-state index contributed by atoms with van der Waals surface area (Å²) in [5, 5.41) is -0.208. The molecule has 0 aliphatic heterocycles. The van der Waals surface area contributed by atoms with E-state index in [4.69, 9.17) is 42.1 Å². The minimum atomic E-state index is -1.39. The van der Waals surface area contributed by atoms with E-state index in [0.29, 0.717) is 0 Å². The molecular weight excluding hydrogens is 551 g/mol. The molecule has 0 saturated heterocycles. The zero-order valence-electron chi connectivity index (χ0n) is 20.7. The average molecular weight is 573 g/mol. The first-order valence-corrected chi connectivity index (χ1v) is 12.3. The molecule has 0 aliphatic carbocycles. The van der Waals surface area contributed by atoms with Gasteiger partial charge in [0.25, 0.3) is 0 Å². The minimum absolute atomic E-state index is 0.0303. The molecule has 2 aromatic heterocycles. The summed E-state index contributed by atoms with van der Waals surface area (Å²) in [6.45, 7) is 0.746. The van der Waals surface area contributed by atoms with Gasteiger partial charge in [0.15, 0.2) is 16.9 Å². The summed E-state index contributed by atoms with van der Waals surface area (Å²) in [7, 11) is 1.30. The van der Waals surface area contributed by atoms with E-state index >= 15 is 0 Å². The van der Waals surface area contributed by atoms with Crippen LogP contribution in [0.4, 0.5) is 0 Å². The molecule has 39 heavy (non-hydrogen) atoms. The highest BCUT2D eigenvalue weighted by atomic mass is 35.5. The quantitative estimate of drug-likeness (QED) is 0.0890. The fourth-order valence-electron chi connectivity index (χ4n) is 3.80. The first kappa shape index (κ1) is 28.0.